The van der Waals surface area contributed by atoms with Crippen LogP contribution in [0.4, 0.5) is 11.6 Å². The van der Waals surface area contributed by atoms with Gasteiger partial charge in [0.25, 0.3) is 0 Å². The molecule has 1 heterocycles. The lowest BCUT2D eigenvalue weighted by Crippen LogP contribution is -2.41. The van der Waals surface area contributed by atoms with Gasteiger partial charge in [-0.15, -0.1) is 0 Å². The second-order valence-electron chi connectivity index (χ2n) is 4.36. The van der Waals surface area contributed by atoms with Crippen molar-refractivity contribution in [3.63, 3.8) is 0 Å². The molecule has 0 amide bonds. The van der Waals surface area contributed by atoms with E-state index in [4.69, 9.17) is 0 Å². The van der Waals surface area contributed by atoms with E-state index in [1.54, 1.807) is 12.4 Å². The van der Waals surface area contributed by atoms with Gasteiger partial charge >= 0.3 is 0 Å². The van der Waals surface area contributed by atoms with E-state index < -0.39 is 0 Å². The van der Waals surface area contributed by atoms with Crippen molar-refractivity contribution in [2.75, 3.05) is 17.2 Å². The smallest absolute Gasteiger partial charge is 0.147 e. The topological polar surface area (TPSA) is 49.8 Å². The number of rotatable bonds is 4. The van der Waals surface area contributed by atoms with Gasteiger partial charge in [-0.25, -0.2) is 4.98 Å². The van der Waals surface area contributed by atoms with Gasteiger partial charge in [0.05, 0.1) is 12.4 Å². The molecule has 0 saturated heterocycles. The third-order valence-corrected chi connectivity index (χ3v) is 2.88. The molecule has 1 aromatic rings. The summed E-state index contributed by atoms with van der Waals surface area (Å²) in [5.74, 6) is 1.71. The first-order chi connectivity index (χ1) is 7.22. The maximum atomic E-state index is 4.44. The summed E-state index contributed by atoms with van der Waals surface area (Å²) in [4.78, 5) is 8.60. The van der Waals surface area contributed by atoms with Crippen molar-refractivity contribution >= 4 is 11.6 Å². The maximum absolute atomic E-state index is 4.44. The molecule has 82 valence electrons. The van der Waals surface area contributed by atoms with Crippen molar-refractivity contribution in [2.45, 2.75) is 38.6 Å². The molecule has 1 fully saturated rings. The minimum atomic E-state index is 0.236. The molecule has 0 unspecified atom stereocenters. The van der Waals surface area contributed by atoms with Crippen LogP contribution in [0.1, 0.15) is 33.1 Å². The fourth-order valence-electron chi connectivity index (χ4n) is 1.83. The summed E-state index contributed by atoms with van der Waals surface area (Å²) < 4.78 is 0. The normalized spacial score (nSPS) is 18.0. The van der Waals surface area contributed by atoms with Crippen LogP contribution in [0.3, 0.4) is 0 Å². The Morgan fingerprint density at radius 2 is 2.07 bits per heavy atom. The Labute approximate surface area is 90.5 Å². The number of aromatic nitrogens is 2. The second-order valence-corrected chi connectivity index (χ2v) is 4.36. The van der Waals surface area contributed by atoms with Crippen LogP contribution in [-0.2, 0) is 0 Å². The van der Waals surface area contributed by atoms with Crippen LogP contribution in [0.25, 0.3) is 0 Å². The Kier molecular flexibility index (Phi) is 2.75. The van der Waals surface area contributed by atoms with Crippen LogP contribution in [0.5, 0.6) is 0 Å². The highest BCUT2D eigenvalue weighted by Gasteiger charge is 2.31. The molecule has 1 saturated carbocycles. The zero-order valence-corrected chi connectivity index (χ0v) is 9.38. The molecule has 1 aliphatic rings. The summed E-state index contributed by atoms with van der Waals surface area (Å²) in [6.45, 7) is 5.16. The van der Waals surface area contributed by atoms with E-state index in [0.717, 1.165) is 18.2 Å². The van der Waals surface area contributed by atoms with Crippen LogP contribution in [0.15, 0.2) is 12.4 Å². The van der Waals surface area contributed by atoms with Gasteiger partial charge in [0.15, 0.2) is 0 Å². The van der Waals surface area contributed by atoms with Crippen molar-refractivity contribution in [1.29, 1.82) is 0 Å². The fraction of sp³-hybridized carbons (Fsp3) is 0.636. The zero-order chi connectivity index (χ0) is 10.7. The Morgan fingerprint density at radius 3 is 2.67 bits per heavy atom. The predicted octanol–water partition coefficient (Wildman–Crippen LogP) is 2.26. The molecule has 2 rings (SSSR count). The SMILES string of the molecule is CCNc1cncc(NC2(C)CCC2)n1. The van der Waals surface area contributed by atoms with Gasteiger partial charge in [0.1, 0.15) is 11.6 Å². The molecule has 4 heteroatoms. The number of nitrogens with zero attached hydrogens (tertiary/aromatic N) is 2. The highest BCUT2D eigenvalue weighted by Crippen LogP contribution is 2.34. The van der Waals surface area contributed by atoms with Crippen LogP contribution >= 0.6 is 0 Å². The Bertz CT molecular complexity index is 333. The summed E-state index contributed by atoms with van der Waals surface area (Å²) >= 11 is 0. The van der Waals surface area contributed by atoms with Crippen molar-refractivity contribution in [1.82, 2.24) is 9.97 Å². The standard InChI is InChI=1S/C11H18N4/c1-3-13-9-7-12-8-10(14-9)15-11(2)5-4-6-11/h7-8H,3-6H2,1-2H3,(H2,13,14,15). The molecule has 1 aromatic heterocycles. The van der Waals surface area contributed by atoms with Crippen LogP contribution in [-0.4, -0.2) is 22.1 Å². The predicted molar refractivity (Wildman–Crippen MR) is 62.1 cm³/mol. The van der Waals surface area contributed by atoms with Gasteiger partial charge in [-0.1, -0.05) is 0 Å². The Balaban J connectivity index is 2.04. The number of hydrogen-bond donors (Lipinski definition) is 2. The van der Waals surface area contributed by atoms with Gasteiger partial charge in [0, 0.05) is 12.1 Å². The Morgan fingerprint density at radius 1 is 1.33 bits per heavy atom. The van der Waals surface area contributed by atoms with Crippen molar-refractivity contribution < 1.29 is 0 Å². The molecule has 1 aliphatic carbocycles. The summed E-state index contributed by atoms with van der Waals surface area (Å²) in [5.41, 5.74) is 0.236. The third-order valence-electron chi connectivity index (χ3n) is 2.88. The molecule has 0 spiro atoms. The van der Waals surface area contributed by atoms with Crippen molar-refractivity contribution in [3.8, 4) is 0 Å². The molecule has 4 nitrogen and oxygen atoms in total. The monoisotopic (exact) mass is 206 g/mol. The summed E-state index contributed by atoms with van der Waals surface area (Å²) in [5, 5.41) is 6.60. The van der Waals surface area contributed by atoms with Gasteiger partial charge in [-0.3, -0.25) is 4.98 Å². The van der Waals surface area contributed by atoms with Crippen LogP contribution in [0.2, 0.25) is 0 Å². The second kappa shape index (κ2) is 4.04. The van der Waals surface area contributed by atoms with Gasteiger partial charge in [-0.2, -0.15) is 0 Å². The molecule has 0 atom stereocenters. The lowest BCUT2D eigenvalue weighted by Gasteiger charge is -2.39. The highest BCUT2D eigenvalue weighted by molar-refractivity contribution is 5.43. The van der Waals surface area contributed by atoms with Crippen LogP contribution < -0.4 is 10.6 Å². The van der Waals surface area contributed by atoms with E-state index in [1.807, 2.05) is 0 Å². The van der Waals surface area contributed by atoms with Crippen molar-refractivity contribution in [2.24, 2.45) is 0 Å². The largest absolute Gasteiger partial charge is 0.369 e. The summed E-state index contributed by atoms with van der Waals surface area (Å²) in [6, 6.07) is 0. The minimum Gasteiger partial charge on any atom is -0.369 e. The molecule has 0 aliphatic heterocycles. The average molecular weight is 206 g/mol. The maximum Gasteiger partial charge on any atom is 0.147 e. The number of anilines is 2. The summed E-state index contributed by atoms with van der Waals surface area (Å²) in [7, 11) is 0. The van der Waals surface area contributed by atoms with E-state index in [2.05, 4.69) is 34.4 Å². The van der Waals surface area contributed by atoms with E-state index >= 15 is 0 Å². The van der Waals surface area contributed by atoms with Gasteiger partial charge in [0.2, 0.25) is 0 Å². The zero-order valence-electron chi connectivity index (χ0n) is 9.38. The van der Waals surface area contributed by atoms with Crippen LogP contribution in [0, 0.1) is 0 Å². The minimum absolute atomic E-state index is 0.236. The van der Waals surface area contributed by atoms with E-state index in [9.17, 15) is 0 Å². The lowest BCUT2D eigenvalue weighted by molar-refractivity contribution is 0.305. The number of nitrogens with one attached hydrogen (secondary N) is 2. The molecule has 0 radical (unpaired) electrons. The Hall–Kier alpha value is -1.32. The molecule has 0 aromatic carbocycles. The average Bonchev–Trinajstić information content (AvgIpc) is 2.16. The van der Waals surface area contributed by atoms with Crippen molar-refractivity contribution in [3.05, 3.63) is 12.4 Å². The molecular weight excluding hydrogens is 188 g/mol. The molecule has 15 heavy (non-hydrogen) atoms. The first-order valence-corrected chi connectivity index (χ1v) is 5.56. The highest BCUT2D eigenvalue weighted by atomic mass is 15.1. The molecule has 0 bridgehead atoms. The number of hydrogen-bond acceptors (Lipinski definition) is 4. The quantitative estimate of drug-likeness (QED) is 0.793. The van der Waals surface area contributed by atoms with Gasteiger partial charge in [-0.05, 0) is 33.1 Å². The van der Waals surface area contributed by atoms with E-state index in [-0.39, 0.29) is 5.54 Å². The fourth-order valence-corrected chi connectivity index (χ4v) is 1.83. The summed E-state index contributed by atoms with van der Waals surface area (Å²) in [6.07, 6.45) is 7.28. The molecular formula is C11H18N4. The third kappa shape index (κ3) is 2.37. The first kappa shape index (κ1) is 10.2. The molecule has 2 N–H and O–H groups in total. The van der Waals surface area contributed by atoms with E-state index in [1.165, 1.54) is 19.3 Å². The van der Waals surface area contributed by atoms with E-state index in [0.29, 0.717) is 0 Å². The van der Waals surface area contributed by atoms with Gasteiger partial charge < -0.3 is 10.6 Å². The first-order valence-electron chi connectivity index (χ1n) is 5.56. The lowest BCUT2D eigenvalue weighted by atomic mass is 9.78.